The second kappa shape index (κ2) is 4.08. The molecule has 0 saturated carbocycles. The fourth-order valence-corrected chi connectivity index (χ4v) is 1.32. The van der Waals surface area contributed by atoms with Gasteiger partial charge in [0.1, 0.15) is 12.4 Å². The summed E-state index contributed by atoms with van der Waals surface area (Å²) in [6, 6.07) is 4.49. The molecule has 0 radical (unpaired) electrons. The number of aliphatic hydroxyl groups excluding tert-OH is 1. The molecule has 0 amide bonds. The van der Waals surface area contributed by atoms with Crippen LogP contribution in [0.1, 0.15) is 5.89 Å². The lowest BCUT2D eigenvalue weighted by Crippen LogP contribution is -1.85. The highest BCUT2D eigenvalue weighted by Crippen LogP contribution is 2.22. The van der Waals surface area contributed by atoms with E-state index in [0.29, 0.717) is 10.0 Å². The average molecular weight is 273 g/mol. The van der Waals surface area contributed by atoms with Gasteiger partial charge in [-0.1, -0.05) is 5.16 Å². The highest BCUT2D eigenvalue weighted by molar-refractivity contribution is 9.10. The van der Waals surface area contributed by atoms with E-state index in [-0.39, 0.29) is 18.3 Å². The normalized spacial score (nSPS) is 10.6. The average Bonchev–Trinajstić information content (AvgIpc) is 2.70. The van der Waals surface area contributed by atoms with Crippen LogP contribution in [0.25, 0.3) is 11.4 Å². The summed E-state index contributed by atoms with van der Waals surface area (Å²) in [7, 11) is 0. The van der Waals surface area contributed by atoms with Gasteiger partial charge in [-0.15, -0.1) is 0 Å². The van der Waals surface area contributed by atoms with Gasteiger partial charge in [0, 0.05) is 5.56 Å². The van der Waals surface area contributed by atoms with Crippen molar-refractivity contribution in [2.75, 3.05) is 0 Å². The Morgan fingerprint density at radius 2 is 2.27 bits per heavy atom. The van der Waals surface area contributed by atoms with Crippen LogP contribution >= 0.6 is 15.9 Å². The molecule has 1 N–H and O–H groups in total. The molecule has 4 nitrogen and oxygen atoms in total. The zero-order valence-electron chi connectivity index (χ0n) is 7.44. The Balaban J connectivity index is 2.40. The van der Waals surface area contributed by atoms with Crippen molar-refractivity contribution in [1.82, 2.24) is 10.1 Å². The van der Waals surface area contributed by atoms with Crippen LogP contribution in [0.2, 0.25) is 0 Å². The monoisotopic (exact) mass is 272 g/mol. The molecular weight excluding hydrogens is 267 g/mol. The topological polar surface area (TPSA) is 59.2 Å². The summed E-state index contributed by atoms with van der Waals surface area (Å²) in [4.78, 5) is 3.86. The summed E-state index contributed by atoms with van der Waals surface area (Å²) in [5.41, 5.74) is 0.499. The summed E-state index contributed by atoms with van der Waals surface area (Å²) in [5, 5.41) is 12.3. The molecule has 0 aliphatic rings. The highest BCUT2D eigenvalue weighted by Gasteiger charge is 2.09. The smallest absolute Gasteiger partial charge is 0.252 e. The van der Waals surface area contributed by atoms with Crippen molar-refractivity contribution in [2.24, 2.45) is 0 Å². The molecule has 0 fully saturated rings. The molecule has 1 heterocycles. The zero-order valence-corrected chi connectivity index (χ0v) is 9.03. The van der Waals surface area contributed by atoms with Gasteiger partial charge in [-0.2, -0.15) is 4.98 Å². The van der Waals surface area contributed by atoms with Crippen LogP contribution in [0, 0.1) is 5.82 Å². The number of nitrogens with zero attached hydrogens (tertiary/aromatic N) is 2. The first-order valence-electron chi connectivity index (χ1n) is 4.09. The molecule has 0 aliphatic heterocycles. The molecular formula is C9H6BrFN2O2. The van der Waals surface area contributed by atoms with Gasteiger partial charge in [-0.3, -0.25) is 0 Å². The molecule has 78 valence electrons. The number of halogens is 2. The SMILES string of the molecule is OCc1nc(-c2ccc(Br)c(F)c2)no1. The number of hydrogen-bond acceptors (Lipinski definition) is 4. The standard InChI is InChI=1S/C9H6BrFN2O2/c10-6-2-1-5(3-7(6)11)9-12-8(4-14)15-13-9/h1-3,14H,4H2. The van der Waals surface area contributed by atoms with Crippen molar-refractivity contribution < 1.29 is 14.0 Å². The minimum atomic E-state index is -0.400. The first-order valence-corrected chi connectivity index (χ1v) is 4.89. The van der Waals surface area contributed by atoms with Gasteiger partial charge in [-0.25, -0.2) is 4.39 Å². The van der Waals surface area contributed by atoms with Gasteiger partial charge >= 0.3 is 0 Å². The lowest BCUT2D eigenvalue weighted by Gasteiger charge is -1.96. The van der Waals surface area contributed by atoms with E-state index in [1.54, 1.807) is 12.1 Å². The summed E-state index contributed by atoms with van der Waals surface area (Å²) in [6.07, 6.45) is 0. The third-order valence-electron chi connectivity index (χ3n) is 1.78. The molecule has 0 atom stereocenters. The van der Waals surface area contributed by atoms with Crippen molar-refractivity contribution in [3.8, 4) is 11.4 Å². The van der Waals surface area contributed by atoms with Gasteiger partial charge in [0.15, 0.2) is 0 Å². The van der Waals surface area contributed by atoms with Crippen molar-refractivity contribution in [1.29, 1.82) is 0 Å². The molecule has 0 unspecified atom stereocenters. The van der Waals surface area contributed by atoms with Gasteiger partial charge in [-0.05, 0) is 34.1 Å². The third kappa shape index (κ3) is 2.05. The molecule has 15 heavy (non-hydrogen) atoms. The summed E-state index contributed by atoms with van der Waals surface area (Å²) < 4.78 is 18.2. The molecule has 1 aromatic heterocycles. The molecule has 0 saturated heterocycles. The second-order valence-electron chi connectivity index (χ2n) is 2.80. The second-order valence-corrected chi connectivity index (χ2v) is 3.65. The first-order chi connectivity index (χ1) is 7.20. The van der Waals surface area contributed by atoms with Crippen LogP contribution in [0.15, 0.2) is 27.2 Å². The Morgan fingerprint density at radius 1 is 1.47 bits per heavy atom. The molecule has 0 spiro atoms. The lowest BCUT2D eigenvalue weighted by atomic mass is 10.2. The Labute approximate surface area is 92.9 Å². The predicted molar refractivity (Wildman–Crippen MR) is 53.3 cm³/mol. The van der Waals surface area contributed by atoms with Crippen LogP contribution in [0.5, 0.6) is 0 Å². The highest BCUT2D eigenvalue weighted by atomic mass is 79.9. The maximum absolute atomic E-state index is 13.2. The lowest BCUT2D eigenvalue weighted by molar-refractivity contribution is 0.222. The van der Waals surface area contributed by atoms with E-state index in [9.17, 15) is 4.39 Å². The van der Waals surface area contributed by atoms with E-state index >= 15 is 0 Å². The maximum atomic E-state index is 13.2. The first kappa shape index (κ1) is 10.3. The number of rotatable bonds is 2. The summed E-state index contributed by atoms with van der Waals surface area (Å²) in [6.45, 7) is -0.327. The molecule has 2 rings (SSSR count). The van der Waals surface area contributed by atoms with Crippen molar-refractivity contribution >= 4 is 15.9 Å². The van der Waals surface area contributed by atoms with Crippen LogP contribution in [-0.4, -0.2) is 15.2 Å². The van der Waals surface area contributed by atoms with E-state index in [1.807, 2.05) is 0 Å². The quantitative estimate of drug-likeness (QED) is 0.910. The van der Waals surface area contributed by atoms with Crippen molar-refractivity contribution in [2.45, 2.75) is 6.61 Å². The van der Waals surface area contributed by atoms with E-state index < -0.39 is 5.82 Å². The molecule has 0 aliphatic carbocycles. The van der Waals surface area contributed by atoms with Crippen LogP contribution in [0.3, 0.4) is 0 Å². The Morgan fingerprint density at radius 3 is 2.87 bits per heavy atom. The summed E-state index contributed by atoms with van der Waals surface area (Å²) in [5.74, 6) is -0.0402. The van der Waals surface area contributed by atoms with E-state index in [2.05, 4.69) is 26.1 Å². The zero-order chi connectivity index (χ0) is 10.8. The van der Waals surface area contributed by atoms with Gasteiger partial charge in [0.25, 0.3) is 5.89 Å². The number of aliphatic hydroxyl groups is 1. The van der Waals surface area contributed by atoms with E-state index in [1.165, 1.54) is 6.07 Å². The Bertz CT molecular complexity index is 487. The maximum Gasteiger partial charge on any atom is 0.252 e. The molecule has 2 aromatic rings. The predicted octanol–water partition coefficient (Wildman–Crippen LogP) is 2.13. The number of benzene rings is 1. The van der Waals surface area contributed by atoms with E-state index in [4.69, 9.17) is 9.63 Å². The fraction of sp³-hybridized carbons (Fsp3) is 0.111. The van der Waals surface area contributed by atoms with Crippen LogP contribution < -0.4 is 0 Å². The van der Waals surface area contributed by atoms with Gasteiger partial charge in [0.05, 0.1) is 4.47 Å². The minimum Gasteiger partial charge on any atom is -0.387 e. The number of hydrogen-bond donors (Lipinski definition) is 1. The molecule has 0 bridgehead atoms. The minimum absolute atomic E-state index is 0.105. The Kier molecular flexibility index (Phi) is 2.79. The number of aromatic nitrogens is 2. The van der Waals surface area contributed by atoms with Gasteiger partial charge in [0.2, 0.25) is 5.82 Å². The Hall–Kier alpha value is -1.27. The summed E-state index contributed by atoms with van der Waals surface area (Å²) >= 11 is 3.04. The fourth-order valence-electron chi connectivity index (χ4n) is 1.07. The van der Waals surface area contributed by atoms with Gasteiger partial charge < -0.3 is 9.63 Å². The molecule has 1 aromatic carbocycles. The molecule has 6 heteroatoms. The van der Waals surface area contributed by atoms with Crippen LogP contribution in [0.4, 0.5) is 4.39 Å². The van der Waals surface area contributed by atoms with Crippen LogP contribution in [-0.2, 0) is 6.61 Å². The van der Waals surface area contributed by atoms with Crippen molar-refractivity contribution in [3.05, 3.63) is 34.4 Å². The van der Waals surface area contributed by atoms with E-state index in [0.717, 1.165) is 0 Å². The largest absolute Gasteiger partial charge is 0.387 e. The van der Waals surface area contributed by atoms with Crippen molar-refractivity contribution in [3.63, 3.8) is 0 Å². The third-order valence-corrected chi connectivity index (χ3v) is 2.42.